The predicted octanol–water partition coefficient (Wildman–Crippen LogP) is 5.42. The molecule has 1 aliphatic heterocycles. The lowest BCUT2D eigenvalue weighted by atomic mass is 10.1. The predicted molar refractivity (Wildman–Crippen MR) is 108 cm³/mol. The highest BCUT2D eigenvalue weighted by Gasteiger charge is 2.27. The summed E-state index contributed by atoms with van der Waals surface area (Å²) in [5.74, 6) is 1.62. The van der Waals surface area contributed by atoms with Gasteiger partial charge in [-0.3, -0.25) is 4.79 Å². The number of hydrogen-bond donors (Lipinski definition) is 0. The summed E-state index contributed by atoms with van der Waals surface area (Å²) in [6.45, 7) is 2.82. The molecule has 0 saturated heterocycles. The molecule has 146 valence electrons. The minimum Gasteiger partial charge on any atom is -0.494 e. The number of ether oxygens (including phenoxy) is 3. The molecular formula is C24H19FO4. The lowest BCUT2D eigenvalue weighted by Gasteiger charge is -2.07. The minimum atomic E-state index is -0.287. The molecule has 0 bridgehead atoms. The van der Waals surface area contributed by atoms with Gasteiger partial charge in [0.25, 0.3) is 0 Å². The Morgan fingerprint density at radius 1 is 0.931 bits per heavy atom. The molecule has 0 aromatic heterocycles. The lowest BCUT2D eigenvalue weighted by Crippen LogP contribution is -1.98. The third kappa shape index (κ3) is 4.29. The van der Waals surface area contributed by atoms with Crippen LogP contribution in [0, 0.1) is 5.82 Å². The number of Topliss-reactive ketones (excluding diaryl/α,β-unsaturated/α-hetero) is 1. The van der Waals surface area contributed by atoms with E-state index < -0.39 is 0 Å². The molecule has 0 amide bonds. The second kappa shape index (κ2) is 8.19. The fourth-order valence-electron chi connectivity index (χ4n) is 2.98. The third-order valence-electron chi connectivity index (χ3n) is 4.45. The van der Waals surface area contributed by atoms with Crippen molar-refractivity contribution in [1.29, 1.82) is 0 Å². The van der Waals surface area contributed by atoms with Crippen LogP contribution in [0.15, 0.2) is 72.5 Å². The van der Waals surface area contributed by atoms with E-state index in [4.69, 9.17) is 14.2 Å². The fourth-order valence-corrected chi connectivity index (χ4v) is 2.98. The van der Waals surface area contributed by atoms with Crippen LogP contribution in [0.4, 0.5) is 4.39 Å². The van der Waals surface area contributed by atoms with E-state index in [1.165, 1.54) is 12.1 Å². The van der Waals surface area contributed by atoms with Crippen LogP contribution in [0.3, 0.4) is 0 Å². The quantitative estimate of drug-likeness (QED) is 0.527. The summed E-state index contributed by atoms with van der Waals surface area (Å²) in [4.78, 5) is 12.6. The van der Waals surface area contributed by atoms with Crippen molar-refractivity contribution in [2.24, 2.45) is 0 Å². The van der Waals surface area contributed by atoms with Crippen LogP contribution in [-0.4, -0.2) is 12.4 Å². The topological polar surface area (TPSA) is 44.8 Å². The summed E-state index contributed by atoms with van der Waals surface area (Å²) in [6.07, 6.45) is 1.71. The number of ketones is 1. The summed E-state index contributed by atoms with van der Waals surface area (Å²) < 4.78 is 29.9. The average Bonchev–Trinajstić information content (AvgIpc) is 3.04. The zero-order chi connectivity index (χ0) is 20.2. The number of rotatable bonds is 6. The molecule has 0 aliphatic carbocycles. The van der Waals surface area contributed by atoms with Gasteiger partial charge < -0.3 is 14.2 Å². The molecule has 3 aromatic carbocycles. The number of halogens is 1. The summed E-state index contributed by atoms with van der Waals surface area (Å²) in [5, 5.41) is 0. The van der Waals surface area contributed by atoms with Crippen molar-refractivity contribution in [3.63, 3.8) is 0 Å². The fraction of sp³-hybridized carbons (Fsp3) is 0.125. The second-order valence-corrected chi connectivity index (χ2v) is 6.51. The first-order valence-corrected chi connectivity index (χ1v) is 9.31. The van der Waals surface area contributed by atoms with Crippen molar-refractivity contribution in [2.75, 3.05) is 6.61 Å². The number of carbonyl (C=O) groups is 1. The van der Waals surface area contributed by atoms with E-state index in [0.717, 1.165) is 16.9 Å². The Labute approximate surface area is 168 Å². The minimum absolute atomic E-state index is 0.168. The van der Waals surface area contributed by atoms with Gasteiger partial charge in [0.15, 0.2) is 5.76 Å². The molecule has 0 N–H and O–H groups in total. The molecule has 1 heterocycles. The molecule has 0 unspecified atom stereocenters. The van der Waals surface area contributed by atoms with Gasteiger partial charge in [-0.1, -0.05) is 24.3 Å². The van der Waals surface area contributed by atoms with Crippen molar-refractivity contribution in [2.45, 2.75) is 13.5 Å². The SMILES string of the molecule is CCOc1ccc(C=C2Oc3cc(OCc4ccc(F)cc4)ccc3C2=O)cc1. The number of benzene rings is 3. The van der Waals surface area contributed by atoms with E-state index in [1.807, 2.05) is 31.2 Å². The Morgan fingerprint density at radius 2 is 1.66 bits per heavy atom. The Bertz CT molecular complexity index is 1050. The van der Waals surface area contributed by atoms with Gasteiger partial charge in [0.1, 0.15) is 29.7 Å². The van der Waals surface area contributed by atoms with Gasteiger partial charge in [0.2, 0.25) is 5.78 Å². The molecule has 29 heavy (non-hydrogen) atoms. The molecule has 5 heteroatoms. The van der Waals surface area contributed by atoms with Crippen LogP contribution in [0.2, 0.25) is 0 Å². The molecule has 0 radical (unpaired) electrons. The molecule has 4 rings (SSSR count). The van der Waals surface area contributed by atoms with Gasteiger partial charge in [-0.15, -0.1) is 0 Å². The van der Waals surface area contributed by atoms with E-state index in [0.29, 0.717) is 30.3 Å². The van der Waals surface area contributed by atoms with Crippen molar-refractivity contribution < 1.29 is 23.4 Å². The summed E-state index contributed by atoms with van der Waals surface area (Å²) in [5.41, 5.74) is 2.19. The number of fused-ring (bicyclic) bond motifs is 1. The van der Waals surface area contributed by atoms with Gasteiger partial charge in [-0.25, -0.2) is 4.39 Å². The molecule has 0 spiro atoms. The smallest absolute Gasteiger partial charge is 0.231 e. The molecule has 0 saturated carbocycles. The van der Waals surface area contributed by atoms with E-state index in [-0.39, 0.29) is 17.4 Å². The van der Waals surface area contributed by atoms with Gasteiger partial charge in [0.05, 0.1) is 12.2 Å². The van der Waals surface area contributed by atoms with Gasteiger partial charge in [-0.2, -0.15) is 0 Å². The van der Waals surface area contributed by atoms with E-state index in [9.17, 15) is 9.18 Å². The highest BCUT2D eigenvalue weighted by molar-refractivity contribution is 6.14. The van der Waals surface area contributed by atoms with Crippen molar-refractivity contribution in [3.8, 4) is 17.2 Å². The largest absolute Gasteiger partial charge is 0.494 e. The summed E-state index contributed by atoms with van der Waals surface area (Å²) in [6, 6.07) is 18.7. The highest BCUT2D eigenvalue weighted by Crippen LogP contribution is 2.35. The molecular weight excluding hydrogens is 371 g/mol. The van der Waals surface area contributed by atoms with Crippen LogP contribution >= 0.6 is 0 Å². The Hall–Kier alpha value is -3.60. The Kier molecular flexibility index (Phi) is 5.29. The molecule has 4 nitrogen and oxygen atoms in total. The molecule has 3 aromatic rings. The monoisotopic (exact) mass is 390 g/mol. The van der Waals surface area contributed by atoms with Crippen LogP contribution < -0.4 is 14.2 Å². The zero-order valence-electron chi connectivity index (χ0n) is 15.9. The number of hydrogen-bond acceptors (Lipinski definition) is 4. The van der Waals surface area contributed by atoms with E-state index in [2.05, 4.69) is 0 Å². The van der Waals surface area contributed by atoms with Gasteiger partial charge in [-0.05, 0) is 60.5 Å². The maximum Gasteiger partial charge on any atom is 0.231 e. The van der Waals surface area contributed by atoms with Crippen LogP contribution in [0.5, 0.6) is 17.2 Å². The van der Waals surface area contributed by atoms with Crippen molar-refractivity contribution in [1.82, 2.24) is 0 Å². The maximum atomic E-state index is 13.0. The average molecular weight is 390 g/mol. The van der Waals surface area contributed by atoms with Gasteiger partial charge >= 0.3 is 0 Å². The number of carbonyl (C=O) groups excluding carboxylic acids is 1. The first kappa shape index (κ1) is 18.7. The van der Waals surface area contributed by atoms with Crippen LogP contribution in [0.25, 0.3) is 6.08 Å². The highest BCUT2D eigenvalue weighted by atomic mass is 19.1. The van der Waals surface area contributed by atoms with Crippen molar-refractivity contribution in [3.05, 3.63) is 95.0 Å². The van der Waals surface area contributed by atoms with Gasteiger partial charge in [0, 0.05) is 6.07 Å². The summed E-state index contributed by atoms with van der Waals surface area (Å²) in [7, 11) is 0. The first-order chi connectivity index (χ1) is 14.1. The van der Waals surface area contributed by atoms with Crippen molar-refractivity contribution >= 4 is 11.9 Å². The maximum absolute atomic E-state index is 13.0. The van der Waals surface area contributed by atoms with E-state index >= 15 is 0 Å². The number of allylic oxidation sites excluding steroid dienone is 1. The summed E-state index contributed by atoms with van der Waals surface area (Å²) >= 11 is 0. The lowest BCUT2D eigenvalue weighted by molar-refractivity contribution is 0.101. The molecule has 0 atom stereocenters. The Morgan fingerprint density at radius 3 is 2.38 bits per heavy atom. The van der Waals surface area contributed by atoms with Crippen LogP contribution in [0.1, 0.15) is 28.4 Å². The Balaban J connectivity index is 1.47. The first-order valence-electron chi connectivity index (χ1n) is 9.31. The third-order valence-corrected chi connectivity index (χ3v) is 4.45. The standard InChI is InChI=1S/C24H19FO4/c1-2-27-19-9-5-16(6-10-19)13-23-24(26)21-12-11-20(14-22(21)29-23)28-15-17-3-7-18(25)8-4-17/h3-14H,2,15H2,1H3. The molecule has 0 fully saturated rings. The van der Waals surface area contributed by atoms with Crippen LogP contribution in [-0.2, 0) is 6.61 Å². The normalized spacial score (nSPS) is 13.9. The van der Waals surface area contributed by atoms with E-state index in [1.54, 1.807) is 36.4 Å². The second-order valence-electron chi connectivity index (χ2n) is 6.51. The zero-order valence-corrected chi connectivity index (χ0v) is 15.9. The molecule has 1 aliphatic rings.